The molecule has 0 aromatic heterocycles. The summed E-state index contributed by atoms with van der Waals surface area (Å²) in [6.07, 6.45) is 0.455. The van der Waals surface area contributed by atoms with E-state index in [1.807, 2.05) is 62.4 Å². The first-order chi connectivity index (χ1) is 17.2. The number of hydrazone groups is 1. The standard InChI is InChI=1S/C26H28N4O5S/c1-4-35-19-11-9-18(10-12-19)21-13-20(17-7-5-15(2)6-8-17)29-30(21)26-28-24(32)22(36-26)14-23(31)27-16(3)25(33)34/h5-12,16,21-22H,4,13-14H2,1-3H3,(H,27,31)(H,33,34)/t16-,21-,22-/m0/s1. The fraction of sp³-hybridized carbons (Fsp3) is 0.346. The number of nitrogens with one attached hydrogen (secondary N) is 1. The van der Waals surface area contributed by atoms with Crippen molar-refractivity contribution >= 4 is 40.4 Å². The molecule has 0 aliphatic carbocycles. The van der Waals surface area contributed by atoms with Crippen LogP contribution < -0.4 is 10.1 Å². The fourth-order valence-corrected chi connectivity index (χ4v) is 5.02. The number of aliphatic carboxylic acids is 1. The van der Waals surface area contributed by atoms with E-state index in [0.29, 0.717) is 18.2 Å². The fourth-order valence-electron chi connectivity index (χ4n) is 3.95. The molecular formula is C26H28N4O5S. The van der Waals surface area contributed by atoms with Crippen LogP contribution in [0.3, 0.4) is 0 Å². The van der Waals surface area contributed by atoms with Crippen LogP contribution in [0.4, 0.5) is 0 Å². The summed E-state index contributed by atoms with van der Waals surface area (Å²) in [7, 11) is 0. The maximum absolute atomic E-state index is 12.6. The van der Waals surface area contributed by atoms with Gasteiger partial charge in [-0.3, -0.25) is 14.4 Å². The SMILES string of the molecule is CCOc1ccc([C@@H]2CC(c3ccc(C)cc3)=NN2C2=NC(=O)[C@H](CC(=O)N[C@@H](C)C(=O)O)S2)cc1. The number of aliphatic imine (C=N–C) groups is 1. The lowest BCUT2D eigenvalue weighted by Crippen LogP contribution is -2.39. The molecule has 0 saturated carbocycles. The maximum atomic E-state index is 12.6. The van der Waals surface area contributed by atoms with Gasteiger partial charge in [0.1, 0.15) is 17.0 Å². The maximum Gasteiger partial charge on any atom is 0.325 e. The minimum absolute atomic E-state index is 0.162. The van der Waals surface area contributed by atoms with Gasteiger partial charge < -0.3 is 15.2 Å². The largest absolute Gasteiger partial charge is 0.494 e. The summed E-state index contributed by atoms with van der Waals surface area (Å²) in [5.74, 6) is -1.31. The summed E-state index contributed by atoms with van der Waals surface area (Å²) in [6.45, 7) is 5.90. The molecule has 2 aromatic carbocycles. The van der Waals surface area contributed by atoms with Crippen molar-refractivity contribution in [3.05, 3.63) is 65.2 Å². The third-order valence-electron chi connectivity index (χ3n) is 5.91. The number of carbonyl (C=O) groups is 3. The highest BCUT2D eigenvalue weighted by Gasteiger charge is 2.39. The van der Waals surface area contributed by atoms with Crippen molar-refractivity contribution in [1.82, 2.24) is 10.3 Å². The van der Waals surface area contributed by atoms with Gasteiger partial charge >= 0.3 is 5.97 Å². The van der Waals surface area contributed by atoms with E-state index in [9.17, 15) is 14.4 Å². The smallest absolute Gasteiger partial charge is 0.325 e. The van der Waals surface area contributed by atoms with E-state index in [1.165, 1.54) is 18.7 Å². The van der Waals surface area contributed by atoms with Crippen LogP contribution in [0.15, 0.2) is 58.6 Å². The number of carboxylic acids is 1. The Morgan fingerprint density at radius 3 is 2.53 bits per heavy atom. The molecule has 3 atom stereocenters. The van der Waals surface area contributed by atoms with Crippen molar-refractivity contribution in [2.75, 3.05) is 6.61 Å². The highest BCUT2D eigenvalue weighted by Crippen LogP contribution is 2.39. The number of thioether (sulfide) groups is 1. The Balaban J connectivity index is 1.56. The van der Waals surface area contributed by atoms with E-state index in [2.05, 4.69) is 10.3 Å². The van der Waals surface area contributed by atoms with Crippen LogP contribution in [0, 0.1) is 6.92 Å². The number of aryl methyl sites for hydroxylation is 1. The molecule has 10 heteroatoms. The first-order valence-corrected chi connectivity index (χ1v) is 12.6. The second-order valence-electron chi connectivity index (χ2n) is 8.65. The first kappa shape index (κ1) is 25.4. The number of amides is 2. The van der Waals surface area contributed by atoms with Crippen LogP contribution in [-0.4, -0.2) is 56.7 Å². The number of carboxylic acid groups (broad SMARTS) is 1. The molecule has 9 nitrogen and oxygen atoms in total. The number of carbonyl (C=O) groups excluding carboxylic acids is 2. The van der Waals surface area contributed by atoms with Gasteiger partial charge in [0.15, 0.2) is 5.17 Å². The van der Waals surface area contributed by atoms with E-state index in [4.69, 9.17) is 14.9 Å². The Hall–Kier alpha value is -3.66. The van der Waals surface area contributed by atoms with Crippen molar-refractivity contribution < 1.29 is 24.2 Å². The Morgan fingerprint density at radius 2 is 1.89 bits per heavy atom. The minimum atomic E-state index is -1.14. The van der Waals surface area contributed by atoms with Crippen molar-refractivity contribution in [1.29, 1.82) is 0 Å². The predicted octanol–water partition coefficient (Wildman–Crippen LogP) is 3.52. The minimum Gasteiger partial charge on any atom is -0.494 e. The topological polar surface area (TPSA) is 121 Å². The Labute approximate surface area is 213 Å². The molecular weight excluding hydrogens is 480 g/mol. The second-order valence-corrected chi connectivity index (χ2v) is 9.82. The van der Waals surface area contributed by atoms with Crippen molar-refractivity contribution in [3.63, 3.8) is 0 Å². The lowest BCUT2D eigenvalue weighted by molar-refractivity contribution is -0.141. The van der Waals surface area contributed by atoms with Crippen molar-refractivity contribution in [2.45, 2.75) is 50.9 Å². The Morgan fingerprint density at radius 1 is 1.19 bits per heavy atom. The number of nitrogens with zero attached hydrogens (tertiary/aromatic N) is 3. The van der Waals surface area contributed by atoms with Crippen LogP contribution in [0.25, 0.3) is 0 Å². The van der Waals surface area contributed by atoms with Gasteiger partial charge in [-0.25, -0.2) is 5.01 Å². The number of rotatable bonds is 8. The molecule has 2 N–H and O–H groups in total. The van der Waals surface area contributed by atoms with Gasteiger partial charge in [-0.2, -0.15) is 10.1 Å². The summed E-state index contributed by atoms with van der Waals surface area (Å²) in [5.41, 5.74) is 4.02. The molecule has 4 rings (SSSR count). The highest BCUT2D eigenvalue weighted by molar-refractivity contribution is 8.15. The first-order valence-electron chi connectivity index (χ1n) is 11.7. The average molecular weight is 509 g/mol. The number of ether oxygens (including phenoxy) is 1. The van der Waals surface area contributed by atoms with Gasteiger partial charge in [-0.05, 0) is 44.0 Å². The van der Waals surface area contributed by atoms with Crippen LogP contribution in [0.2, 0.25) is 0 Å². The van der Waals surface area contributed by atoms with E-state index < -0.39 is 29.1 Å². The van der Waals surface area contributed by atoms with Crippen LogP contribution in [-0.2, 0) is 14.4 Å². The van der Waals surface area contributed by atoms with E-state index in [1.54, 1.807) is 5.01 Å². The van der Waals surface area contributed by atoms with Crippen LogP contribution >= 0.6 is 11.8 Å². The molecule has 0 radical (unpaired) electrons. The molecule has 2 aromatic rings. The van der Waals surface area contributed by atoms with Crippen LogP contribution in [0.5, 0.6) is 5.75 Å². The summed E-state index contributed by atoms with van der Waals surface area (Å²) in [5, 5.41) is 17.7. The van der Waals surface area contributed by atoms with Crippen molar-refractivity contribution in [3.8, 4) is 5.75 Å². The lowest BCUT2D eigenvalue weighted by Gasteiger charge is -2.23. The average Bonchev–Trinajstić information content (AvgIpc) is 3.44. The van der Waals surface area contributed by atoms with Crippen molar-refractivity contribution in [2.24, 2.45) is 10.1 Å². The van der Waals surface area contributed by atoms with Gasteiger partial charge in [0.05, 0.1) is 18.4 Å². The molecule has 0 unspecified atom stereocenters. The zero-order valence-corrected chi connectivity index (χ0v) is 21.1. The molecule has 36 heavy (non-hydrogen) atoms. The van der Waals surface area contributed by atoms with Crippen LogP contribution in [0.1, 0.15) is 49.4 Å². The summed E-state index contributed by atoms with van der Waals surface area (Å²) >= 11 is 1.18. The molecule has 2 amide bonds. The molecule has 188 valence electrons. The third-order valence-corrected chi connectivity index (χ3v) is 7.06. The number of amidine groups is 1. The quantitative estimate of drug-likeness (QED) is 0.560. The normalized spacial score (nSPS) is 20.1. The molecule has 0 saturated heterocycles. The Bertz CT molecular complexity index is 1210. The number of hydrogen-bond acceptors (Lipinski definition) is 7. The molecule has 0 spiro atoms. The highest BCUT2D eigenvalue weighted by atomic mass is 32.2. The van der Waals surface area contributed by atoms with Gasteiger partial charge in [0.25, 0.3) is 5.91 Å². The number of benzene rings is 2. The number of hydrogen-bond donors (Lipinski definition) is 2. The summed E-state index contributed by atoms with van der Waals surface area (Å²) in [6, 6.07) is 14.7. The van der Waals surface area contributed by atoms with E-state index in [0.717, 1.165) is 28.2 Å². The van der Waals surface area contributed by atoms with Gasteiger partial charge in [-0.1, -0.05) is 53.7 Å². The third kappa shape index (κ3) is 5.76. The predicted molar refractivity (Wildman–Crippen MR) is 138 cm³/mol. The van der Waals surface area contributed by atoms with E-state index >= 15 is 0 Å². The summed E-state index contributed by atoms with van der Waals surface area (Å²) in [4.78, 5) is 40.2. The lowest BCUT2D eigenvalue weighted by atomic mass is 9.98. The van der Waals surface area contributed by atoms with E-state index in [-0.39, 0.29) is 12.5 Å². The molecule has 2 heterocycles. The molecule has 0 fully saturated rings. The zero-order chi connectivity index (χ0) is 25.8. The van der Waals surface area contributed by atoms with Gasteiger partial charge in [-0.15, -0.1) is 0 Å². The molecule has 2 aliphatic rings. The summed E-state index contributed by atoms with van der Waals surface area (Å²) < 4.78 is 5.57. The molecule has 2 aliphatic heterocycles. The molecule has 0 bridgehead atoms. The monoisotopic (exact) mass is 508 g/mol. The Kier molecular flexibility index (Phi) is 7.73. The second kappa shape index (κ2) is 10.9. The zero-order valence-electron chi connectivity index (χ0n) is 20.3. The van der Waals surface area contributed by atoms with Gasteiger partial charge in [0.2, 0.25) is 5.91 Å². The van der Waals surface area contributed by atoms with Gasteiger partial charge in [0, 0.05) is 12.8 Å².